The van der Waals surface area contributed by atoms with Crippen molar-refractivity contribution in [1.82, 2.24) is 0 Å². The number of nitrogens with zero attached hydrogens (tertiary/aromatic N) is 1. The van der Waals surface area contributed by atoms with E-state index in [9.17, 15) is 5.26 Å². The maximum atomic E-state index is 9.32. The van der Waals surface area contributed by atoms with Crippen LogP contribution in [0.5, 0.6) is 0 Å². The molecule has 3 heteroatoms. The molecule has 2 aromatic carbocycles. The summed E-state index contributed by atoms with van der Waals surface area (Å²) in [5.41, 5.74) is 2.86. The van der Waals surface area contributed by atoms with Gasteiger partial charge in [-0.05, 0) is 23.4 Å². The van der Waals surface area contributed by atoms with Crippen molar-refractivity contribution in [2.75, 3.05) is 11.1 Å². The number of nitriles is 1. The average molecular weight is 268 g/mol. The highest BCUT2D eigenvalue weighted by Crippen LogP contribution is 2.28. The Morgan fingerprint density at radius 2 is 1.89 bits per heavy atom. The van der Waals surface area contributed by atoms with Gasteiger partial charge in [-0.1, -0.05) is 43.3 Å². The average Bonchev–Trinajstić information content (AvgIpc) is 2.46. The third kappa shape index (κ3) is 3.52. The van der Waals surface area contributed by atoms with Gasteiger partial charge >= 0.3 is 0 Å². The third-order valence-electron chi connectivity index (χ3n) is 2.76. The highest BCUT2D eigenvalue weighted by Gasteiger charge is 2.07. The lowest BCUT2D eigenvalue weighted by Crippen LogP contribution is -2.01. The molecule has 0 bridgehead atoms. The molecule has 0 amide bonds. The van der Waals surface area contributed by atoms with Crippen LogP contribution in [-0.4, -0.2) is 5.75 Å². The van der Waals surface area contributed by atoms with Crippen molar-refractivity contribution in [2.24, 2.45) is 0 Å². The largest absolute Gasteiger partial charge is 0.380 e. The maximum Gasteiger partial charge on any atom is 0.102 e. The molecule has 0 aliphatic carbocycles. The molecule has 0 radical (unpaired) electrons. The first-order valence-corrected chi connectivity index (χ1v) is 7.27. The van der Waals surface area contributed by atoms with Gasteiger partial charge in [-0.15, -0.1) is 11.8 Å². The highest BCUT2D eigenvalue weighted by molar-refractivity contribution is 7.99. The van der Waals surface area contributed by atoms with Gasteiger partial charge in [0.05, 0.1) is 11.3 Å². The number of hydrogen-bond donors (Lipinski definition) is 1. The first-order valence-electron chi connectivity index (χ1n) is 6.29. The molecule has 96 valence electrons. The smallest absolute Gasteiger partial charge is 0.102 e. The highest BCUT2D eigenvalue weighted by atomic mass is 32.2. The van der Waals surface area contributed by atoms with E-state index in [1.165, 1.54) is 5.56 Å². The first kappa shape index (κ1) is 13.5. The Balaban J connectivity index is 2.16. The van der Waals surface area contributed by atoms with E-state index in [4.69, 9.17) is 0 Å². The van der Waals surface area contributed by atoms with Gasteiger partial charge in [-0.2, -0.15) is 5.26 Å². The number of benzene rings is 2. The van der Waals surface area contributed by atoms with E-state index in [1.54, 1.807) is 11.8 Å². The molecule has 0 saturated heterocycles. The Bertz CT molecular complexity index is 573. The Morgan fingerprint density at radius 1 is 1.11 bits per heavy atom. The second kappa shape index (κ2) is 6.86. The standard InChI is InChI=1S/C16H16N2S/c1-2-19-16-10-6-9-15(14(16)11-17)18-12-13-7-4-3-5-8-13/h3-10,18H,2,12H2,1H3. The molecule has 2 aromatic rings. The molecule has 0 aromatic heterocycles. The van der Waals surface area contributed by atoms with Crippen molar-refractivity contribution >= 4 is 17.4 Å². The van der Waals surface area contributed by atoms with Crippen molar-refractivity contribution in [3.63, 3.8) is 0 Å². The predicted molar refractivity (Wildman–Crippen MR) is 81.3 cm³/mol. The summed E-state index contributed by atoms with van der Waals surface area (Å²) in [6, 6.07) is 18.4. The molecule has 0 spiro atoms. The number of thioether (sulfide) groups is 1. The Kier molecular flexibility index (Phi) is 4.88. The van der Waals surface area contributed by atoms with Crippen LogP contribution in [0.4, 0.5) is 5.69 Å². The molecule has 0 unspecified atom stereocenters. The van der Waals surface area contributed by atoms with E-state index >= 15 is 0 Å². The van der Waals surface area contributed by atoms with Gasteiger partial charge in [0.1, 0.15) is 6.07 Å². The van der Waals surface area contributed by atoms with Gasteiger partial charge in [0, 0.05) is 11.4 Å². The van der Waals surface area contributed by atoms with E-state index < -0.39 is 0 Å². The van der Waals surface area contributed by atoms with Crippen LogP contribution in [-0.2, 0) is 6.54 Å². The molecule has 2 nitrogen and oxygen atoms in total. The van der Waals surface area contributed by atoms with Crippen LogP contribution in [0.1, 0.15) is 18.1 Å². The molecule has 0 aliphatic rings. The summed E-state index contributed by atoms with van der Waals surface area (Å²) in [5.74, 6) is 0.969. The Labute approximate surface area is 118 Å². The van der Waals surface area contributed by atoms with Crippen LogP contribution >= 0.6 is 11.8 Å². The van der Waals surface area contributed by atoms with Crippen LogP contribution in [0.2, 0.25) is 0 Å². The zero-order valence-electron chi connectivity index (χ0n) is 10.9. The fourth-order valence-corrected chi connectivity index (χ4v) is 2.65. The van der Waals surface area contributed by atoms with Crippen molar-refractivity contribution in [1.29, 1.82) is 5.26 Å². The van der Waals surface area contributed by atoms with Gasteiger partial charge in [0.25, 0.3) is 0 Å². The van der Waals surface area contributed by atoms with Crippen LogP contribution < -0.4 is 5.32 Å². The van der Waals surface area contributed by atoms with Gasteiger partial charge in [0.15, 0.2) is 0 Å². The zero-order chi connectivity index (χ0) is 13.5. The normalized spacial score (nSPS) is 9.89. The lowest BCUT2D eigenvalue weighted by Gasteiger charge is -2.11. The van der Waals surface area contributed by atoms with Gasteiger partial charge < -0.3 is 5.32 Å². The van der Waals surface area contributed by atoms with Crippen molar-refractivity contribution in [3.05, 3.63) is 59.7 Å². The zero-order valence-corrected chi connectivity index (χ0v) is 11.7. The quantitative estimate of drug-likeness (QED) is 0.822. The fourth-order valence-electron chi connectivity index (χ4n) is 1.86. The molecular formula is C16H16N2S. The summed E-state index contributed by atoms with van der Waals surface area (Å²) in [4.78, 5) is 1.04. The molecule has 1 N–H and O–H groups in total. The van der Waals surface area contributed by atoms with Crippen LogP contribution in [0.25, 0.3) is 0 Å². The predicted octanol–water partition coefficient (Wildman–Crippen LogP) is 4.28. The molecule has 0 saturated carbocycles. The van der Waals surface area contributed by atoms with Gasteiger partial charge in [-0.25, -0.2) is 0 Å². The molecule has 0 atom stereocenters. The number of nitrogens with one attached hydrogen (secondary N) is 1. The Hall–Kier alpha value is -1.92. The molecule has 0 fully saturated rings. The fraction of sp³-hybridized carbons (Fsp3) is 0.188. The Morgan fingerprint density at radius 3 is 2.58 bits per heavy atom. The second-order valence-corrected chi connectivity index (χ2v) is 5.37. The lowest BCUT2D eigenvalue weighted by atomic mass is 10.1. The SMILES string of the molecule is CCSc1cccc(NCc2ccccc2)c1C#N. The van der Waals surface area contributed by atoms with Gasteiger partial charge in [0.2, 0.25) is 0 Å². The van der Waals surface area contributed by atoms with Crippen LogP contribution in [0.3, 0.4) is 0 Å². The molecular weight excluding hydrogens is 252 g/mol. The number of hydrogen-bond acceptors (Lipinski definition) is 3. The third-order valence-corrected chi connectivity index (χ3v) is 3.70. The lowest BCUT2D eigenvalue weighted by molar-refractivity contribution is 1.14. The van der Waals surface area contributed by atoms with E-state index in [2.05, 4.69) is 30.4 Å². The number of anilines is 1. The summed E-state index contributed by atoms with van der Waals surface area (Å²) in [7, 11) is 0. The molecule has 0 heterocycles. The summed E-state index contributed by atoms with van der Waals surface area (Å²) in [6.45, 7) is 2.83. The summed E-state index contributed by atoms with van der Waals surface area (Å²) in [6.07, 6.45) is 0. The van der Waals surface area contributed by atoms with E-state index in [1.807, 2.05) is 36.4 Å². The number of rotatable bonds is 5. The topological polar surface area (TPSA) is 35.8 Å². The van der Waals surface area contributed by atoms with E-state index in [-0.39, 0.29) is 0 Å². The summed E-state index contributed by atoms with van der Waals surface area (Å²) < 4.78 is 0. The van der Waals surface area contributed by atoms with Crippen LogP contribution in [0.15, 0.2) is 53.4 Å². The summed E-state index contributed by atoms with van der Waals surface area (Å²) >= 11 is 1.70. The first-order chi connectivity index (χ1) is 9.35. The van der Waals surface area contributed by atoms with Crippen LogP contribution in [0, 0.1) is 11.3 Å². The molecule has 19 heavy (non-hydrogen) atoms. The minimum atomic E-state index is 0.732. The minimum absolute atomic E-state index is 0.732. The van der Waals surface area contributed by atoms with Crippen molar-refractivity contribution < 1.29 is 0 Å². The minimum Gasteiger partial charge on any atom is -0.380 e. The monoisotopic (exact) mass is 268 g/mol. The van der Waals surface area contributed by atoms with Crippen molar-refractivity contribution in [3.8, 4) is 6.07 Å². The van der Waals surface area contributed by atoms with Crippen molar-refractivity contribution in [2.45, 2.75) is 18.4 Å². The maximum absolute atomic E-state index is 9.32. The second-order valence-electron chi connectivity index (χ2n) is 4.06. The summed E-state index contributed by atoms with van der Waals surface area (Å²) in [5, 5.41) is 12.7. The molecule has 0 aliphatic heterocycles. The molecule has 2 rings (SSSR count). The van der Waals surface area contributed by atoms with E-state index in [0.717, 1.165) is 28.4 Å². The van der Waals surface area contributed by atoms with Gasteiger partial charge in [-0.3, -0.25) is 0 Å². The van der Waals surface area contributed by atoms with E-state index in [0.29, 0.717) is 0 Å².